The zero-order chi connectivity index (χ0) is 9.26. The molecule has 0 saturated heterocycles. The lowest BCUT2D eigenvalue weighted by atomic mass is 10.2. The summed E-state index contributed by atoms with van der Waals surface area (Å²) in [6.07, 6.45) is 3.61. The van der Waals surface area contributed by atoms with Crippen LogP contribution in [-0.4, -0.2) is 14.8 Å². The Hall–Kier alpha value is -1.38. The Morgan fingerprint density at radius 2 is 2.31 bits per heavy atom. The molecule has 0 aliphatic carbocycles. The fraction of sp³-hybridized carbons (Fsp3) is 0.400. The number of hydrogen-bond donors (Lipinski definition) is 0. The minimum Gasteiger partial charge on any atom is -0.263 e. The summed E-state index contributed by atoms with van der Waals surface area (Å²) in [5.74, 6) is 0.614. The van der Waals surface area contributed by atoms with Gasteiger partial charge in [0.1, 0.15) is 5.52 Å². The van der Waals surface area contributed by atoms with Gasteiger partial charge in [-0.15, -0.1) is 0 Å². The van der Waals surface area contributed by atoms with Crippen molar-refractivity contribution in [1.82, 2.24) is 14.8 Å². The second-order valence-corrected chi connectivity index (χ2v) is 3.63. The van der Waals surface area contributed by atoms with E-state index >= 15 is 0 Å². The van der Waals surface area contributed by atoms with E-state index in [2.05, 4.69) is 30.0 Å². The molecular formula is C10H13N3. The third kappa shape index (κ3) is 1.54. The maximum Gasteiger partial charge on any atom is 0.108 e. The Bertz CT molecular complexity index is 403. The van der Waals surface area contributed by atoms with Crippen molar-refractivity contribution in [3.8, 4) is 0 Å². The van der Waals surface area contributed by atoms with Crippen molar-refractivity contribution in [3.05, 3.63) is 24.5 Å². The summed E-state index contributed by atoms with van der Waals surface area (Å²) < 4.78 is 2.01. The second kappa shape index (κ2) is 3.17. The van der Waals surface area contributed by atoms with E-state index in [1.165, 1.54) is 0 Å². The summed E-state index contributed by atoms with van der Waals surface area (Å²) in [4.78, 5) is 4.23. The molecule has 0 saturated carbocycles. The molecule has 0 aliphatic heterocycles. The highest BCUT2D eigenvalue weighted by Crippen LogP contribution is 2.11. The van der Waals surface area contributed by atoms with Gasteiger partial charge in [0.05, 0.1) is 11.7 Å². The summed E-state index contributed by atoms with van der Waals surface area (Å²) in [5, 5.41) is 4.29. The standard InChI is InChI=1S/C10H13N3/c1-8(2)7-13-10-4-3-5-11-9(10)6-12-13/h3-6,8H,7H2,1-2H3. The van der Waals surface area contributed by atoms with Crippen LogP contribution < -0.4 is 0 Å². The Kier molecular flexibility index (Phi) is 2.00. The molecule has 2 aromatic heterocycles. The van der Waals surface area contributed by atoms with Crippen LogP contribution in [0.2, 0.25) is 0 Å². The molecule has 0 radical (unpaired) electrons. The molecule has 68 valence electrons. The summed E-state index contributed by atoms with van der Waals surface area (Å²) >= 11 is 0. The Morgan fingerprint density at radius 1 is 1.46 bits per heavy atom. The van der Waals surface area contributed by atoms with Crippen LogP contribution in [0.5, 0.6) is 0 Å². The Labute approximate surface area is 77.4 Å². The van der Waals surface area contributed by atoms with E-state index < -0.39 is 0 Å². The van der Waals surface area contributed by atoms with Crippen LogP contribution in [-0.2, 0) is 6.54 Å². The molecule has 0 N–H and O–H groups in total. The summed E-state index contributed by atoms with van der Waals surface area (Å²) in [7, 11) is 0. The fourth-order valence-electron chi connectivity index (χ4n) is 1.40. The number of aromatic nitrogens is 3. The van der Waals surface area contributed by atoms with E-state index in [1.54, 1.807) is 6.20 Å². The van der Waals surface area contributed by atoms with Crippen molar-refractivity contribution in [2.75, 3.05) is 0 Å². The van der Waals surface area contributed by atoms with Crippen LogP contribution in [0.1, 0.15) is 13.8 Å². The molecule has 13 heavy (non-hydrogen) atoms. The maximum atomic E-state index is 4.29. The molecule has 0 spiro atoms. The van der Waals surface area contributed by atoms with Crippen LogP contribution in [0.3, 0.4) is 0 Å². The van der Waals surface area contributed by atoms with Gasteiger partial charge in [0.2, 0.25) is 0 Å². The van der Waals surface area contributed by atoms with Crippen molar-refractivity contribution in [3.63, 3.8) is 0 Å². The monoisotopic (exact) mass is 175 g/mol. The van der Waals surface area contributed by atoms with Crippen molar-refractivity contribution >= 4 is 11.0 Å². The molecule has 0 fully saturated rings. The average Bonchev–Trinajstić information content (AvgIpc) is 2.48. The van der Waals surface area contributed by atoms with Gasteiger partial charge in [-0.1, -0.05) is 13.8 Å². The molecule has 0 unspecified atom stereocenters. The molecule has 0 aromatic carbocycles. The molecule has 3 nitrogen and oxygen atoms in total. The van der Waals surface area contributed by atoms with E-state index in [0.717, 1.165) is 17.6 Å². The van der Waals surface area contributed by atoms with Gasteiger partial charge < -0.3 is 0 Å². The molecule has 0 amide bonds. The maximum absolute atomic E-state index is 4.29. The first-order valence-corrected chi connectivity index (χ1v) is 4.54. The van der Waals surface area contributed by atoms with Crippen LogP contribution in [0.4, 0.5) is 0 Å². The van der Waals surface area contributed by atoms with Crippen LogP contribution >= 0.6 is 0 Å². The molecule has 0 bridgehead atoms. The van der Waals surface area contributed by atoms with Crippen LogP contribution in [0, 0.1) is 5.92 Å². The first kappa shape index (κ1) is 8.23. The molecule has 2 aromatic rings. The predicted molar refractivity (Wildman–Crippen MR) is 52.4 cm³/mol. The average molecular weight is 175 g/mol. The van der Waals surface area contributed by atoms with Crippen molar-refractivity contribution in [1.29, 1.82) is 0 Å². The Balaban J connectivity index is 2.46. The zero-order valence-corrected chi connectivity index (χ0v) is 7.94. The van der Waals surface area contributed by atoms with Crippen LogP contribution in [0.25, 0.3) is 11.0 Å². The first-order valence-electron chi connectivity index (χ1n) is 4.54. The van der Waals surface area contributed by atoms with Crippen molar-refractivity contribution in [2.45, 2.75) is 20.4 Å². The van der Waals surface area contributed by atoms with Crippen molar-refractivity contribution in [2.24, 2.45) is 5.92 Å². The number of fused-ring (bicyclic) bond motifs is 1. The highest BCUT2D eigenvalue weighted by atomic mass is 15.3. The quantitative estimate of drug-likeness (QED) is 0.699. The highest BCUT2D eigenvalue weighted by molar-refractivity contribution is 5.73. The smallest absolute Gasteiger partial charge is 0.108 e. The molecule has 0 aliphatic rings. The van der Waals surface area contributed by atoms with Gasteiger partial charge in [-0.05, 0) is 18.1 Å². The SMILES string of the molecule is CC(C)Cn1ncc2ncccc21. The zero-order valence-electron chi connectivity index (χ0n) is 7.94. The normalized spacial score (nSPS) is 11.3. The van der Waals surface area contributed by atoms with Gasteiger partial charge in [0.25, 0.3) is 0 Å². The minimum absolute atomic E-state index is 0.614. The van der Waals surface area contributed by atoms with E-state index in [9.17, 15) is 0 Å². The van der Waals surface area contributed by atoms with Gasteiger partial charge in [-0.3, -0.25) is 9.67 Å². The lowest BCUT2D eigenvalue weighted by molar-refractivity contribution is 0.495. The fourth-order valence-corrected chi connectivity index (χ4v) is 1.40. The molecule has 3 heteroatoms. The molecule has 2 heterocycles. The number of rotatable bonds is 2. The van der Waals surface area contributed by atoms with Crippen LogP contribution in [0.15, 0.2) is 24.5 Å². The van der Waals surface area contributed by atoms with Gasteiger partial charge in [0, 0.05) is 12.7 Å². The summed E-state index contributed by atoms with van der Waals surface area (Å²) in [6, 6.07) is 4.00. The van der Waals surface area contributed by atoms with E-state index in [0.29, 0.717) is 5.92 Å². The van der Waals surface area contributed by atoms with Gasteiger partial charge in [-0.2, -0.15) is 5.10 Å². The van der Waals surface area contributed by atoms with E-state index in [1.807, 2.05) is 16.9 Å². The minimum atomic E-state index is 0.614. The summed E-state index contributed by atoms with van der Waals surface area (Å²) in [5.41, 5.74) is 2.10. The molecular weight excluding hydrogens is 162 g/mol. The van der Waals surface area contributed by atoms with Crippen molar-refractivity contribution < 1.29 is 0 Å². The van der Waals surface area contributed by atoms with E-state index in [-0.39, 0.29) is 0 Å². The lowest BCUT2D eigenvalue weighted by Crippen LogP contribution is -2.05. The first-order chi connectivity index (χ1) is 6.27. The van der Waals surface area contributed by atoms with Gasteiger partial charge in [0.15, 0.2) is 0 Å². The lowest BCUT2D eigenvalue weighted by Gasteiger charge is -2.05. The Morgan fingerprint density at radius 3 is 3.08 bits per heavy atom. The third-order valence-corrected chi connectivity index (χ3v) is 1.95. The highest BCUT2D eigenvalue weighted by Gasteiger charge is 2.03. The second-order valence-electron chi connectivity index (χ2n) is 3.63. The number of nitrogens with zero attached hydrogens (tertiary/aromatic N) is 3. The van der Waals surface area contributed by atoms with Gasteiger partial charge in [-0.25, -0.2) is 0 Å². The van der Waals surface area contributed by atoms with Gasteiger partial charge >= 0.3 is 0 Å². The number of pyridine rings is 1. The molecule has 0 atom stereocenters. The molecule has 2 rings (SSSR count). The third-order valence-electron chi connectivity index (χ3n) is 1.95. The van der Waals surface area contributed by atoms with E-state index in [4.69, 9.17) is 0 Å². The largest absolute Gasteiger partial charge is 0.263 e. The summed E-state index contributed by atoms with van der Waals surface area (Å²) in [6.45, 7) is 5.32. The predicted octanol–water partition coefficient (Wildman–Crippen LogP) is 2.09. The number of hydrogen-bond acceptors (Lipinski definition) is 2. The topological polar surface area (TPSA) is 30.7 Å².